The van der Waals surface area contributed by atoms with Crippen molar-refractivity contribution < 1.29 is 22.7 Å². The number of carbonyl (C=O) groups is 1. The Hall–Kier alpha value is -2.00. The van der Waals surface area contributed by atoms with Crippen LogP contribution in [-0.2, 0) is 15.7 Å². The van der Waals surface area contributed by atoms with E-state index in [2.05, 4.69) is 15.8 Å². The van der Waals surface area contributed by atoms with Crippen molar-refractivity contribution in [2.45, 2.75) is 19.5 Å². The Morgan fingerprint density at radius 3 is 2.62 bits per heavy atom. The average molecular weight is 395 g/mol. The second kappa shape index (κ2) is 10.2. The minimum absolute atomic E-state index is 0.0354. The van der Waals surface area contributed by atoms with Gasteiger partial charge in [0.1, 0.15) is 0 Å². The third kappa shape index (κ3) is 7.49. The number of hydrogen-bond donors (Lipinski definition) is 2. The van der Waals surface area contributed by atoms with Crippen LogP contribution in [0.3, 0.4) is 0 Å². The minimum Gasteiger partial charge on any atom is -0.460 e. The summed E-state index contributed by atoms with van der Waals surface area (Å²) in [4.78, 5) is 18.0. The van der Waals surface area contributed by atoms with Crippen LogP contribution in [0.5, 0.6) is 0 Å². The Morgan fingerprint density at radius 1 is 1.35 bits per heavy atom. The molecule has 0 amide bonds. The van der Waals surface area contributed by atoms with E-state index in [4.69, 9.17) is 16.3 Å². The first kappa shape index (κ1) is 22.0. The number of hydrazine groups is 1. The summed E-state index contributed by atoms with van der Waals surface area (Å²) in [6.07, 6.45) is -3.81. The molecule has 0 saturated carbocycles. The van der Waals surface area contributed by atoms with E-state index in [1.54, 1.807) is 6.92 Å². The quantitative estimate of drug-likeness (QED) is 0.244. The maximum Gasteiger partial charge on any atom is 0.416 e. The fraction of sp³-hybridized carbons (Fsp3) is 0.500. The number of aliphatic imine (C=N–C) groups is 1. The summed E-state index contributed by atoms with van der Waals surface area (Å²) in [6, 6.07) is 2.83. The van der Waals surface area contributed by atoms with Gasteiger partial charge in [-0.25, -0.2) is 4.79 Å². The summed E-state index contributed by atoms with van der Waals surface area (Å²) in [5.74, 6) is -0.855. The largest absolute Gasteiger partial charge is 0.460 e. The SMILES string of the molecule is CCOC(=O)C(=NCCCN(C)C)NNc1cc(C(F)(F)F)ccc1Cl. The molecule has 146 valence electrons. The molecule has 0 unspecified atom stereocenters. The predicted molar refractivity (Wildman–Crippen MR) is 95.3 cm³/mol. The fourth-order valence-corrected chi connectivity index (χ4v) is 2.02. The molecule has 0 saturated heterocycles. The number of esters is 1. The molecule has 0 bridgehead atoms. The number of nitrogens with one attached hydrogen (secondary N) is 2. The fourth-order valence-electron chi connectivity index (χ4n) is 1.86. The lowest BCUT2D eigenvalue weighted by Gasteiger charge is -2.15. The molecular weight excluding hydrogens is 373 g/mol. The van der Waals surface area contributed by atoms with Crippen molar-refractivity contribution in [1.29, 1.82) is 0 Å². The summed E-state index contributed by atoms with van der Waals surface area (Å²) in [5, 5.41) is 0.0568. The van der Waals surface area contributed by atoms with E-state index in [9.17, 15) is 18.0 Å². The molecule has 1 aromatic carbocycles. The van der Waals surface area contributed by atoms with Crippen LogP contribution in [0.15, 0.2) is 23.2 Å². The van der Waals surface area contributed by atoms with Crippen LogP contribution < -0.4 is 10.9 Å². The highest BCUT2D eigenvalue weighted by molar-refractivity contribution is 6.36. The first-order chi connectivity index (χ1) is 12.1. The number of rotatable bonds is 7. The van der Waals surface area contributed by atoms with Crippen LogP contribution in [0.25, 0.3) is 0 Å². The average Bonchev–Trinajstić information content (AvgIpc) is 2.54. The Bertz CT molecular complexity index is 636. The van der Waals surface area contributed by atoms with E-state index >= 15 is 0 Å². The number of nitrogens with zero attached hydrogens (tertiary/aromatic N) is 2. The molecule has 0 aliphatic rings. The summed E-state index contributed by atoms with van der Waals surface area (Å²) < 4.78 is 43.3. The van der Waals surface area contributed by atoms with Gasteiger partial charge in [0, 0.05) is 6.54 Å². The first-order valence-corrected chi connectivity index (χ1v) is 8.28. The summed E-state index contributed by atoms with van der Waals surface area (Å²) >= 11 is 5.90. The second-order valence-corrected chi connectivity index (χ2v) is 5.96. The third-order valence-corrected chi connectivity index (χ3v) is 3.44. The van der Waals surface area contributed by atoms with Gasteiger partial charge in [0.15, 0.2) is 0 Å². The number of halogens is 4. The van der Waals surface area contributed by atoms with Crippen LogP contribution in [-0.4, -0.2) is 50.5 Å². The Labute approximate surface area is 155 Å². The molecule has 0 fully saturated rings. The lowest BCUT2D eigenvalue weighted by molar-refractivity contribution is -0.137. The molecule has 1 aromatic rings. The number of benzene rings is 1. The minimum atomic E-state index is -4.51. The highest BCUT2D eigenvalue weighted by atomic mass is 35.5. The predicted octanol–water partition coefficient (Wildman–Crippen LogP) is 3.19. The molecule has 6 nitrogen and oxygen atoms in total. The summed E-state index contributed by atoms with van der Waals surface area (Å²) in [7, 11) is 3.82. The van der Waals surface area contributed by atoms with Crippen molar-refractivity contribution in [3.05, 3.63) is 28.8 Å². The monoisotopic (exact) mass is 394 g/mol. The zero-order valence-electron chi connectivity index (χ0n) is 14.8. The number of alkyl halides is 3. The Morgan fingerprint density at radius 2 is 2.04 bits per heavy atom. The molecule has 0 aliphatic carbocycles. The van der Waals surface area contributed by atoms with Crippen LogP contribution >= 0.6 is 11.6 Å². The van der Waals surface area contributed by atoms with E-state index in [-0.39, 0.29) is 23.2 Å². The molecule has 1 rings (SSSR count). The molecule has 10 heteroatoms. The maximum atomic E-state index is 12.8. The van der Waals surface area contributed by atoms with E-state index in [0.717, 1.165) is 24.7 Å². The highest BCUT2D eigenvalue weighted by Gasteiger charge is 2.31. The van der Waals surface area contributed by atoms with Crippen molar-refractivity contribution in [2.75, 3.05) is 39.2 Å². The van der Waals surface area contributed by atoms with Crippen molar-refractivity contribution in [3.63, 3.8) is 0 Å². The lowest BCUT2D eigenvalue weighted by atomic mass is 10.2. The molecule has 0 radical (unpaired) electrons. The van der Waals surface area contributed by atoms with Crippen molar-refractivity contribution >= 4 is 29.1 Å². The van der Waals surface area contributed by atoms with Crippen LogP contribution in [0.4, 0.5) is 18.9 Å². The topological polar surface area (TPSA) is 66.0 Å². The van der Waals surface area contributed by atoms with E-state index in [1.807, 2.05) is 19.0 Å². The molecule has 2 N–H and O–H groups in total. The standard InChI is InChI=1S/C16H22ClF3N4O2/c1-4-26-15(25)14(21-8-5-9-24(2)3)23-22-13-10-11(16(18,19)20)6-7-12(13)17/h6-7,10,22H,4-5,8-9H2,1-3H3,(H,21,23). The van der Waals surface area contributed by atoms with Gasteiger partial charge >= 0.3 is 12.1 Å². The smallest absolute Gasteiger partial charge is 0.416 e. The summed E-state index contributed by atoms with van der Waals surface area (Å²) in [6.45, 7) is 2.89. The normalized spacial score (nSPS) is 12.2. The maximum absolute atomic E-state index is 12.8. The highest BCUT2D eigenvalue weighted by Crippen LogP contribution is 2.33. The van der Waals surface area contributed by atoms with Crippen LogP contribution in [0, 0.1) is 0 Å². The van der Waals surface area contributed by atoms with Gasteiger partial charge < -0.3 is 9.64 Å². The van der Waals surface area contributed by atoms with Crippen molar-refractivity contribution in [2.24, 2.45) is 4.99 Å². The molecule has 0 spiro atoms. The lowest BCUT2D eigenvalue weighted by Crippen LogP contribution is -2.37. The molecule has 0 aliphatic heterocycles. The molecular formula is C16H22ClF3N4O2. The first-order valence-electron chi connectivity index (χ1n) is 7.90. The zero-order chi connectivity index (χ0) is 19.7. The molecule has 26 heavy (non-hydrogen) atoms. The molecule has 0 heterocycles. The van der Waals surface area contributed by atoms with E-state index < -0.39 is 17.7 Å². The number of hydrogen-bond acceptors (Lipinski definition) is 5. The molecule has 0 aromatic heterocycles. The second-order valence-electron chi connectivity index (χ2n) is 5.55. The van der Waals surface area contributed by atoms with E-state index in [0.29, 0.717) is 13.0 Å². The van der Waals surface area contributed by atoms with Crippen LogP contribution in [0.1, 0.15) is 18.9 Å². The van der Waals surface area contributed by atoms with Crippen molar-refractivity contribution in [3.8, 4) is 0 Å². The number of amidine groups is 1. The van der Waals surface area contributed by atoms with Gasteiger partial charge in [0.05, 0.1) is 22.9 Å². The van der Waals surface area contributed by atoms with Gasteiger partial charge in [-0.05, 0) is 52.2 Å². The van der Waals surface area contributed by atoms with Gasteiger partial charge in [0.2, 0.25) is 5.84 Å². The van der Waals surface area contributed by atoms with E-state index in [1.165, 1.54) is 0 Å². The third-order valence-electron chi connectivity index (χ3n) is 3.11. The van der Waals surface area contributed by atoms with Gasteiger partial charge in [0.25, 0.3) is 0 Å². The van der Waals surface area contributed by atoms with Gasteiger partial charge in [-0.2, -0.15) is 13.2 Å². The van der Waals surface area contributed by atoms with Gasteiger partial charge in [-0.1, -0.05) is 11.6 Å². The van der Waals surface area contributed by atoms with Crippen molar-refractivity contribution in [1.82, 2.24) is 10.3 Å². The van der Waals surface area contributed by atoms with Gasteiger partial charge in [-0.15, -0.1) is 0 Å². The number of ether oxygens (including phenoxy) is 1. The number of carbonyl (C=O) groups excluding carboxylic acids is 1. The number of anilines is 1. The Balaban J connectivity index is 2.85. The van der Waals surface area contributed by atoms with Gasteiger partial charge in [-0.3, -0.25) is 15.8 Å². The molecule has 0 atom stereocenters. The van der Waals surface area contributed by atoms with Crippen LogP contribution in [0.2, 0.25) is 5.02 Å². The Kier molecular flexibility index (Phi) is 8.67. The zero-order valence-corrected chi connectivity index (χ0v) is 15.5. The summed E-state index contributed by atoms with van der Waals surface area (Å²) in [5.41, 5.74) is 4.07.